The Balaban J connectivity index is 1.55. The topological polar surface area (TPSA) is 44.8 Å². The summed E-state index contributed by atoms with van der Waals surface area (Å²) in [6.07, 6.45) is 13.5. The molecule has 0 amide bonds. The van der Waals surface area contributed by atoms with Crippen molar-refractivity contribution in [2.45, 2.75) is 148 Å². The number of hydrogen-bond acceptors (Lipinski definition) is 5. The van der Waals surface area contributed by atoms with E-state index in [0.717, 1.165) is 44.1 Å². The van der Waals surface area contributed by atoms with Gasteiger partial charge in [0.15, 0.2) is 16.6 Å². The first-order chi connectivity index (χ1) is 21.6. The van der Waals surface area contributed by atoms with E-state index in [-0.39, 0.29) is 38.3 Å². The Morgan fingerprint density at radius 2 is 1.62 bits per heavy atom. The Morgan fingerprint density at radius 1 is 1.00 bits per heavy atom. The number of thioether (sulfide) groups is 1. The molecule has 4 nitrogen and oxygen atoms in total. The van der Waals surface area contributed by atoms with Gasteiger partial charge in [0.05, 0.1) is 12.2 Å². The van der Waals surface area contributed by atoms with Crippen LogP contribution in [0.5, 0.6) is 5.75 Å². The Kier molecular flexibility index (Phi) is 11.6. The standard InChI is InChI=1S/C40H62O4SSi2/c1-28-31(26-33(43-46(10,11)38(3,4)5)27-36(28)44-47(12,13)39(6,7)8)22-21-30-18-17-25-40(9)34(23-24-35(30)40)29(2)45-37(41)42-32-19-15-14-16-20-32/h14-16,19-23,29,33,35-36H,1,17-18,24-27H2,2-13H3/t29-,33-,35?,36+,40-/m1/s1. The summed E-state index contributed by atoms with van der Waals surface area (Å²) in [5.74, 6) is 1.04. The van der Waals surface area contributed by atoms with Gasteiger partial charge in [-0.2, -0.15) is 0 Å². The van der Waals surface area contributed by atoms with Gasteiger partial charge < -0.3 is 13.6 Å². The molecule has 0 spiro atoms. The fourth-order valence-electron chi connectivity index (χ4n) is 7.06. The van der Waals surface area contributed by atoms with E-state index in [1.807, 2.05) is 30.3 Å². The molecular weight excluding hydrogens is 633 g/mol. The van der Waals surface area contributed by atoms with Crippen LogP contribution >= 0.6 is 11.8 Å². The zero-order chi connectivity index (χ0) is 35.0. The first-order valence-electron chi connectivity index (χ1n) is 17.7. The minimum Gasteiger partial charge on any atom is -0.418 e. The van der Waals surface area contributed by atoms with Gasteiger partial charge in [0.2, 0.25) is 0 Å². The third kappa shape index (κ3) is 8.75. The predicted molar refractivity (Wildman–Crippen MR) is 206 cm³/mol. The van der Waals surface area contributed by atoms with E-state index in [2.05, 4.69) is 106 Å². The minimum atomic E-state index is -2.01. The summed E-state index contributed by atoms with van der Waals surface area (Å²) in [4.78, 5) is 12.8. The highest BCUT2D eigenvalue weighted by Gasteiger charge is 2.47. The van der Waals surface area contributed by atoms with Crippen LogP contribution < -0.4 is 4.74 Å². The van der Waals surface area contributed by atoms with Crippen LogP contribution in [0.4, 0.5) is 4.79 Å². The number of rotatable bonds is 8. The monoisotopic (exact) mass is 694 g/mol. The van der Waals surface area contributed by atoms with E-state index in [0.29, 0.717) is 11.7 Å². The van der Waals surface area contributed by atoms with Gasteiger partial charge in [-0.05, 0) is 122 Å². The molecule has 7 heteroatoms. The molecule has 260 valence electrons. The maximum absolute atomic E-state index is 12.8. The average Bonchev–Trinajstić information content (AvgIpc) is 3.30. The molecule has 0 aromatic heterocycles. The molecule has 2 saturated carbocycles. The predicted octanol–water partition coefficient (Wildman–Crippen LogP) is 12.4. The number of fused-ring (bicyclic) bond motifs is 1. The number of hydrogen-bond donors (Lipinski definition) is 0. The van der Waals surface area contributed by atoms with Crippen LogP contribution in [0.1, 0.15) is 93.9 Å². The van der Waals surface area contributed by atoms with Crippen LogP contribution in [0.3, 0.4) is 0 Å². The molecule has 1 aromatic rings. The van der Waals surface area contributed by atoms with Gasteiger partial charge in [0.25, 0.3) is 0 Å². The van der Waals surface area contributed by atoms with Gasteiger partial charge in [0.1, 0.15) is 5.75 Å². The van der Waals surface area contributed by atoms with Crippen LogP contribution in [0, 0.1) is 11.3 Å². The lowest BCUT2D eigenvalue weighted by Gasteiger charge is -2.45. The lowest BCUT2D eigenvalue weighted by Crippen LogP contribution is -2.49. The largest absolute Gasteiger partial charge is 0.418 e. The van der Waals surface area contributed by atoms with Gasteiger partial charge in [0, 0.05) is 11.7 Å². The maximum Gasteiger partial charge on any atom is 0.373 e. The highest BCUT2D eigenvalue weighted by Crippen LogP contribution is 2.57. The Hall–Kier alpha value is -1.65. The molecule has 3 aliphatic carbocycles. The van der Waals surface area contributed by atoms with Crippen LogP contribution in [-0.2, 0) is 8.85 Å². The second-order valence-electron chi connectivity index (χ2n) is 17.4. The third-order valence-electron chi connectivity index (χ3n) is 12.0. The molecule has 3 aliphatic rings. The Morgan fingerprint density at radius 3 is 2.23 bits per heavy atom. The number of benzene rings is 1. The van der Waals surface area contributed by atoms with Crippen molar-refractivity contribution in [2.75, 3.05) is 0 Å². The normalized spacial score (nSPS) is 28.3. The van der Waals surface area contributed by atoms with E-state index in [4.69, 9.17) is 13.6 Å². The van der Waals surface area contributed by atoms with E-state index in [1.165, 1.54) is 28.5 Å². The second kappa shape index (κ2) is 14.3. The van der Waals surface area contributed by atoms with Gasteiger partial charge in [-0.3, -0.25) is 0 Å². The summed E-state index contributed by atoms with van der Waals surface area (Å²) in [5, 5.41) is 0.0994. The highest BCUT2D eigenvalue weighted by molar-refractivity contribution is 8.14. The van der Waals surface area contributed by atoms with Crippen molar-refractivity contribution in [1.29, 1.82) is 0 Å². The first kappa shape index (κ1) is 38.2. The Labute approximate surface area is 293 Å². The molecular formula is C40H62O4SSi2. The van der Waals surface area contributed by atoms with Gasteiger partial charge in [-0.25, -0.2) is 4.79 Å². The van der Waals surface area contributed by atoms with Crippen molar-refractivity contribution in [3.8, 4) is 5.75 Å². The van der Waals surface area contributed by atoms with Crippen molar-refractivity contribution >= 4 is 33.7 Å². The van der Waals surface area contributed by atoms with Crippen molar-refractivity contribution < 1.29 is 18.4 Å². The van der Waals surface area contributed by atoms with Crippen molar-refractivity contribution in [2.24, 2.45) is 11.3 Å². The first-order valence-corrected chi connectivity index (χ1v) is 24.4. The van der Waals surface area contributed by atoms with Crippen molar-refractivity contribution in [3.63, 3.8) is 0 Å². The third-order valence-corrected chi connectivity index (χ3v) is 21.9. The molecule has 1 aromatic carbocycles. The fraction of sp³-hybridized carbons (Fsp3) is 0.625. The van der Waals surface area contributed by atoms with E-state index >= 15 is 0 Å². The summed E-state index contributed by atoms with van der Waals surface area (Å²) in [5.41, 5.74) is 5.37. The maximum atomic E-state index is 12.8. The number of carbonyl (C=O) groups is 1. The summed E-state index contributed by atoms with van der Waals surface area (Å²) < 4.78 is 19.7. The molecule has 0 bridgehead atoms. The molecule has 0 saturated heterocycles. The molecule has 1 unspecified atom stereocenters. The number of para-hydroxylation sites is 1. The van der Waals surface area contributed by atoms with E-state index in [9.17, 15) is 4.79 Å². The summed E-state index contributed by atoms with van der Waals surface area (Å²) in [6.45, 7) is 32.5. The van der Waals surface area contributed by atoms with Gasteiger partial charge in [-0.15, -0.1) is 0 Å². The van der Waals surface area contributed by atoms with Crippen LogP contribution in [0.15, 0.2) is 77.4 Å². The number of carbonyl (C=O) groups excluding carboxylic acids is 1. The number of ether oxygens (including phenoxy) is 1. The molecule has 4 rings (SSSR count). The van der Waals surface area contributed by atoms with Crippen LogP contribution in [0.25, 0.3) is 0 Å². The molecule has 0 heterocycles. The van der Waals surface area contributed by atoms with Gasteiger partial charge >= 0.3 is 5.30 Å². The molecule has 47 heavy (non-hydrogen) atoms. The van der Waals surface area contributed by atoms with E-state index in [1.54, 1.807) is 0 Å². The smallest absolute Gasteiger partial charge is 0.373 e. The zero-order valence-corrected chi connectivity index (χ0v) is 34.2. The molecule has 0 radical (unpaired) electrons. The quantitative estimate of drug-likeness (QED) is 0.154. The lowest BCUT2D eigenvalue weighted by atomic mass is 9.64. The fourth-order valence-corrected chi connectivity index (χ4v) is 10.7. The molecule has 2 fully saturated rings. The Bertz CT molecular complexity index is 1400. The van der Waals surface area contributed by atoms with Crippen molar-refractivity contribution in [3.05, 3.63) is 77.4 Å². The van der Waals surface area contributed by atoms with Gasteiger partial charge in [-0.1, -0.05) is 103 Å². The summed E-state index contributed by atoms with van der Waals surface area (Å²) in [6, 6.07) is 9.35. The van der Waals surface area contributed by atoms with Crippen molar-refractivity contribution in [1.82, 2.24) is 0 Å². The average molecular weight is 695 g/mol. The summed E-state index contributed by atoms with van der Waals surface area (Å²) >= 11 is 1.30. The lowest BCUT2D eigenvalue weighted by molar-refractivity contribution is 0.0969. The molecule has 0 aliphatic heterocycles. The zero-order valence-electron chi connectivity index (χ0n) is 31.4. The summed E-state index contributed by atoms with van der Waals surface area (Å²) in [7, 11) is -3.98. The molecule has 5 atom stereocenters. The second-order valence-corrected chi connectivity index (χ2v) is 28.2. The number of allylic oxidation sites excluding steroid dienone is 4. The minimum absolute atomic E-state index is 0.0195. The van der Waals surface area contributed by atoms with Crippen LogP contribution in [0.2, 0.25) is 36.3 Å². The highest BCUT2D eigenvalue weighted by atomic mass is 32.2. The van der Waals surface area contributed by atoms with E-state index < -0.39 is 16.6 Å². The SMILES string of the molecule is C=C1C(=CC=C2CCC[C@]3(C)C([C@@H](C)SC(=O)Oc4ccccc4)=CCC23)C[C@@H](O[Si](C)(C)C(C)(C)C)C[C@@H]1O[Si](C)(C)C(C)(C)C. The molecule has 0 N–H and O–H groups in total. The van der Waals surface area contributed by atoms with Crippen LogP contribution in [-0.4, -0.2) is 39.4 Å².